The monoisotopic (exact) mass is 352 g/mol. The molecule has 1 aromatic carbocycles. The Morgan fingerprint density at radius 1 is 1.33 bits per heavy atom. The highest BCUT2D eigenvalue weighted by Gasteiger charge is 2.20. The molecule has 1 aromatic rings. The molecule has 1 N–H and O–H groups in total. The molecule has 114 valence electrons. The van der Waals surface area contributed by atoms with Gasteiger partial charge in [-0.15, -0.1) is 0 Å². The Morgan fingerprint density at radius 3 is 2.71 bits per heavy atom. The summed E-state index contributed by atoms with van der Waals surface area (Å²) in [7, 11) is 0. The van der Waals surface area contributed by atoms with E-state index in [1.807, 2.05) is 29.2 Å². The summed E-state index contributed by atoms with van der Waals surface area (Å²) in [5, 5.41) is 2.71. The molecule has 0 atom stereocenters. The minimum Gasteiger partial charge on any atom is -0.347 e. The molecule has 2 rings (SSSR count). The number of halogens is 1. The van der Waals surface area contributed by atoms with Gasteiger partial charge < -0.3 is 10.2 Å². The third-order valence-corrected chi connectivity index (χ3v) is 4.32. The van der Waals surface area contributed by atoms with E-state index in [1.165, 1.54) is 0 Å². The number of amides is 2. The second kappa shape index (κ2) is 7.59. The highest BCUT2D eigenvalue weighted by atomic mass is 79.9. The minimum absolute atomic E-state index is 0.0180. The van der Waals surface area contributed by atoms with Gasteiger partial charge in [-0.3, -0.25) is 9.59 Å². The topological polar surface area (TPSA) is 49.4 Å². The Kier molecular flexibility index (Phi) is 5.79. The highest BCUT2D eigenvalue weighted by molar-refractivity contribution is 9.10. The fraction of sp³-hybridized carbons (Fsp3) is 0.500. The Morgan fingerprint density at radius 2 is 2.05 bits per heavy atom. The predicted octanol–water partition coefficient (Wildman–Crippen LogP) is 2.37. The maximum atomic E-state index is 12.0. The molecule has 21 heavy (non-hydrogen) atoms. The van der Waals surface area contributed by atoms with Gasteiger partial charge in [-0.05, 0) is 36.5 Å². The van der Waals surface area contributed by atoms with Crippen molar-refractivity contribution in [3.8, 4) is 0 Å². The number of rotatable bonds is 4. The Labute approximate surface area is 134 Å². The number of carbonyl (C=O) groups is 2. The molecular formula is C16H21BrN2O2. The number of benzene rings is 1. The summed E-state index contributed by atoms with van der Waals surface area (Å²) in [6.45, 7) is 3.92. The molecule has 4 nitrogen and oxygen atoms in total. The van der Waals surface area contributed by atoms with Gasteiger partial charge in [-0.25, -0.2) is 0 Å². The molecule has 0 aliphatic carbocycles. The summed E-state index contributed by atoms with van der Waals surface area (Å²) in [5.74, 6) is 0.594. The predicted molar refractivity (Wildman–Crippen MR) is 85.8 cm³/mol. The number of carbonyl (C=O) groups excluding carboxylic acids is 2. The van der Waals surface area contributed by atoms with Crippen LogP contribution in [0.4, 0.5) is 0 Å². The fourth-order valence-corrected chi connectivity index (χ4v) is 2.89. The van der Waals surface area contributed by atoms with E-state index in [2.05, 4.69) is 28.2 Å². The maximum absolute atomic E-state index is 12.0. The third kappa shape index (κ3) is 5.16. The van der Waals surface area contributed by atoms with Crippen molar-refractivity contribution >= 4 is 27.7 Å². The van der Waals surface area contributed by atoms with Crippen LogP contribution in [0.2, 0.25) is 0 Å². The zero-order valence-electron chi connectivity index (χ0n) is 12.3. The smallest absolute Gasteiger partial charge is 0.241 e. The third-order valence-electron chi connectivity index (χ3n) is 3.83. The molecule has 0 unspecified atom stereocenters. The average Bonchev–Trinajstić information content (AvgIpc) is 2.45. The summed E-state index contributed by atoms with van der Waals surface area (Å²) < 4.78 is 0.950. The van der Waals surface area contributed by atoms with Crippen molar-refractivity contribution in [1.29, 1.82) is 0 Å². The Hall–Kier alpha value is -1.36. The molecule has 1 aliphatic heterocycles. The van der Waals surface area contributed by atoms with Crippen LogP contribution in [0.1, 0.15) is 25.3 Å². The second-order valence-corrected chi connectivity index (χ2v) is 6.56. The van der Waals surface area contributed by atoms with Crippen molar-refractivity contribution in [1.82, 2.24) is 10.2 Å². The van der Waals surface area contributed by atoms with Gasteiger partial charge in [0.1, 0.15) is 0 Å². The highest BCUT2D eigenvalue weighted by Crippen LogP contribution is 2.15. The normalized spacial score (nSPS) is 15.8. The van der Waals surface area contributed by atoms with Crippen LogP contribution in [0, 0.1) is 5.92 Å². The van der Waals surface area contributed by atoms with E-state index < -0.39 is 0 Å². The standard InChI is InChI=1S/C16H21BrN2O2/c1-12-5-7-19(8-6-12)16(21)11-18-15(20)10-13-3-2-4-14(17)9-13/h2-4,9,12H,5-8,10-11H2,1H3,(H,18,20). The van der Waals surface area contributed by atoms with Gasteiger partial charge in [0.15, 0.2) is 0 Å². The average molecular weight is 353 g/mol. The van der Waals surface area contributed by atoms with Crippen molar-refractivity contribution in [3.05, 3.63) is 34.3 Å². The van der Waals surface area contributed by atoms with Crippen LogP contribution in [0.15, 0.2) is 28.7 Å². The van der Waals surface area contributed by atoms with Crippen LogP contribution < -0.4 is 5.32 Å². The van der Waals surface area contributed by atoms with Crippen molar-refractivity contribution in [2.45, 2.75) is 26.2 Å². The first kappa shape index (κ1) is 16.0. The van der Waals surface area contributed by atoms with E-state index in [1.54, 1.807) is 0 Å². The van der Waals surface area contributed by atoms with E-state index >= 15 is 0 Å². The number of hydrogen-bond donors (Lipinski definition) is 1. The maximum Gasteiger partial charge on any atom is 0.241 e. The summed E-state index contributed by atoms with van der Waals surface area (Å²) in [6.07, 6.45) is 2.40. The molecule has 1 fully saturated rings. The minimum atomic E-state index is -0.119. The molecule has 1 saturated heterocycles. The summed E-state index contributed by atoms with van der Waals surface area (Å²) in [4.78, 5) is 25.7. The number of piperidine rings is 1. The van der Waals surface area contributed by atoms with Crippen molar-refractivity contribution in [2.24, 2.45) is 5.92 Å². The molecule has 1 heterocycles. The van der Waals surface area contributed by atoms with Crippen LogP contribution >= 0.6 is 15.9 Å². The first-order chi connectivity index (χ1) is 10.0. The lowest BCUT2D eigenvalue weighted by molar-refractivity contribution is -0.133. The molecular weight excluding hydrogens is 332 g/mol. The van der Waals surface area contributed by atoms with Gasteiger partial charge >= 0.3 is 0 Å². The van der Waals surface area contributed by atoms with Crippen molar-refractivity contribution in [3.63, 3.8) is 0 Å². The quantitative estimate of drug-likeness (QED) is 0.904. The Balaban J connectivity index is 1.75. The SMILES string of the molecule is CC1CCN(C(=O)CNC(=O)Cc2cccc(Br)c2)CC1. The summed E-state index contributed by atoms with van der Waals surface area (Å²) in [5.41, 5.74) is 0.932. The van der Waals surface area contributed by atoms with Crippen LogP contribution in [0.3, 0.4) is 0 Å². The lowest BCUT2D eigenvalue weighted by Crippen LogP contribution is -2.44. The molecule has 1 aliphatic rings. The van der Waals surface area contributed by atoms with Crippen molar-refractivity contribution in [2.75, 3.05) is 19.6 Å². The van der Waals surface area contributed by atoms with Crippen LogP contribution in [0.25, 0.3) is 0 Å². The number of hydrogen-bond acceptors (Lipinski definition) is 2. The Bertz CT molecular complexity index is 511. The molecule has 0 aromatic heterocycles. The van der Waals surface area contributed by atoms with Crippen LogP contribution in [-0.4, -0.2) is 36.3 Å². The summed E-state index contributed by atoms with van der Waals surface area (Å²) in [6, 6.07) is 7.63. The van der Waals surface area contributed by atoms with Gasteiger partial charge in [0, 0.05) is 17.6 Å². The van der Waals surface area contributed by atoms with Crippen LogP contribution in [-0.2, 0) is 16.0 Å². The lowest BCUT2D eigenvalue weighted by Gasteiger charge is -2.30. The molecule has 0 spiro atoms. The first-order valence-corrected chi connectivity index (χ1v) is 8.13. The van der Waals surface area contributed by atoms with E-state index in [0.717, 1.165) is 36.0 Å². The molecule has 0 bridgehead atoms. The van der Waals surface area contributed by atoms with E-state index in [-0.39, 0.29) is 18.4 Å². The second-order valence-electron chi connectivity index (χ2n) is 5.65. The van der Waals surface area contributed by atoms with Gasteiger partial charge in [-0.1, -0.05) is 35.0 Å². The molecule has 0 saturated carbocycles. The lowest BCUT2D eigenvalue weighted by atomic mass is 9.99. The number of nitrogens with zero attached hydrogens (tertiary/aromatic N) is 1. The van der Waals surface area contributed by atoms with Gasteiger partial charge in [0.25, 0.3) is 0 Å². The number of nitrogens with one attached hydrogen (secondary N) is 1. The van der Waals surface area contributed by atoms with Crippen molar-refractivity contribution < 1.29 is 9.59 Å². The van der Waals surface area contributed by atoms with Gasteiger partial charge in [0.05, 0.1) is 13.0 Å². The zero-order valence-corrected chi connectivity index (χ0v) is 13.9. The molecule has 2 amide bonds. The largest absolute Gasteiger partial charge is 0.347 e. The van der Waals surface area contributed by atoms with Gasteiger partial charge in [-0.2, -0.15) is 0 Å². The molecule has 0 radical (unpaired) electrons. The van der Waals surface area contributed by atoms with E-state index in [0.29, 0.717) is 12.3 Å². The zero-order chi connectivity index (χ0) is 15.2. The first-order valence-electron chi connectivity index (χ1n) is 7.33. The van der Waals surface area contributed by atoms with E-state index in [9.17, 15) is 9.59 Å². The fourth-order valence-electron chi connectivity index (χ4n) is 2.44. The summed E-state index contributed by atoms with van der Waals surface area (Å²) >= 11 is 3.38. The molecule has 5 heteroatoms. The van der Waals surface area contributed by atoms with Crippen LogP contribution in [0.5, 0.6) is 0 Å². The van der Waals surface area contributed by atoms with Gasteiger partial charge in [0.2, 0.25) is 11.8 Å². The number of likely N-dealkylation sites (tertiary alicyclic amines) is 1. The van der Waals surface area contributed by atoms with E-state index in [4.69, 9.17) is 0 Å².